The van der Waals surface area contributed by atoms with Gasteiger partial charge in [-0.1, -0.05) is 53.2 Å². The maximum atomic E-state index is 10.2. The predicted octanol–water partition coefficient (Wildman–Crippen LogP) is 6.61. The number of fused-ring (bicyclic) bond motifs is 5. The minimum Gasteiger partial charge on any atom is -0.396 e. The van der Waals surface area contributed by atoms with Crippen LogP contribution in [0.3, 0.4) is 0 Å². The van der Waals surface area contributed by atoms with Crippen molar-refractivity contribution in [2.45, 2.75) is 92.4 Å². The van der Waals surface area contributed by atoms with E-state index < -0.39 is 0 Å². The molecule has 26 heavy (non-hydrogen) atoms. The molecule has 0 saturated heterocycles. The second-order valence-electron chi connectivity index (χ2n) is 12.0. The monoisotopic (exact) mass is 358 g/mol. The van der Waals surface area contributed by atoms with Gasteiger partial charge in [0.05, 0.1) is 6.61 Å². The summed E-state index contributed by atoms with van der Waals surface area (Å²) in [4.78, 5) is 0. The van der Waals surface area contributed by atoms with E-state index in [0.29, 0.717) is 28.8 Å². The second-order valence-corrected chi connectivity index (χ2v) is 12.0. The van der Waals surface area contributed by atoms with Gasteiger partial charge in [0.15, 0.2) is 0 Å². The maximum Gasteiger partial charge on any atom is 0.0501 e. The van der Waals surface area contributed by atoms with Crippen molar-refractivity contribution in [1.82, 2.24) is 0 Å². The van der Waals surface area contributed by atoms with Crippen LogP contribution in [-0.2, 0) is 0 Å². The average Bonchev–Trinajstić information content (AvgIpc) is 2.53. The minimum absolute atomic E-state index is 0.267. The van der Waals surface area contributed by atoms with Crippen LogP contribution in [0.2, 0.25) is 0 Å². The zero-order chi connectivity index (χ0) is 19.0. The van der Waals surface area contributed by atoms with Crippen LogP contribution in [0, 0.1) is 45.3 Å². The van der Waals surface area contributed by atoms with E-state index >= 15 is 0 Å². The van der Waals surface area contributed by atoms with Crippen LogP contribution in [0.4, 0.5) is 0 Å². The second kappa shape index (κ2) is 5.85. The lowest BCUT2D eigenvalue weighted by atomic mass is 9.35. The first-order valence-corrected chi connectivity index (χ1v) is 11.4. The highest BCUT2D eigenvalue weighted by Crippen LogP contribution is 2.73. The molecule has 4 saturated carbocycles. The van der Waals surface area contributed by atoms with Crippen molar-refractivity contribution in [3.05, 3.63) is 12.2 Å². The fraction of sp³-hybridized carbons (Fsp3) is 0.920. The molecule has 0 aromatic carbocycles. The van der Waals surface area contributed by atoms with Crippen molar-refractivity contribution in [3.8, 4) is 0 Å². The van der Waals surface area contributed by atoms with Crippen molar-refractivity contribution < 1.29 is 5.11 Å². The Kier molecular flexibility index (Phi) is 4.28. The maximum absolute atomic E-state index is 10.2. The molecule has 0 spiro atoms. The Morgan fingerprint density at radius 1 is 0.808 bits per heavy atom. The lowest BCUT2D eigenvalue weighted by molar-refractivity contribution is -0.205. The standard InChI is InChI=1S/C25H42O/c1-17-8-9-20-23(4,18(17)16-26)14-11-21-24(5)13-7-12-22(2,3)19(24)10-15-25(20,21)6/h18-21,26H,1,7-16H2,2-6H3/t18-,19?,20+,21?,23+,24-,25-/m0/s1. The Hall–Kier alpha value is -0.300. The van der Waals surface area contributed by atoms with Gasteiger partial charge < -0.3 is 5.11 Å². The number of aliphatic hydroxyl groups excluding tert-OH is 1. The van der Waals surface area contributed by atoms with Gasteiger partial charge in [-0.25, -0.2) is 0 Å². The minimum atomic E-state index is 0.267. The summed E-state index contributed by atoms with van der Waals surface area (Å²) in [5, 5.41) is 10.2. The third kappa shape index (κ3) is 2.31. The van der Waals surface area contributed by atoms with E-state index in [2.05, 4.69) is 41.2 Å². The van der Waals surface area contributed by atoms with Crippen LogP contribution in [0.15, 0.2) is 12.2 Å². The molecular weight excluding hydrogens is 316 g/mol. The highest BCUT2D eigenvalue weighted by Gasteiger charge is 2.65. The highest BCUT2D eigenvalue weighted by atomic mass is 16.3. The molecule has 0 heterocycles. The SMILES string of the molecule is C=C1CC[C@@H]2[C@](C)(CCC3[C@@]4(C)CCCC(C)(C)C4CC[C@]32C)[C@H]1CO. The fourth-order valence-corrected chi connectivity index (χ4v) is 9.53. The summed E-state index contributed by atoms with van der Waals surface area (Å²) in [7, 11) is 0. The van der Waals surface area contributed by atoms with Gasteiger partial charge >= 0.3 is 0 Å². The van der Waals surface area contributed by atoms with Crippen molar-refractivity contribution in [2.75, 3.05) is 6.61 Å². The van der Waals surface area contributed by atoms with E-state index in [9.17, 15) is 5.11 Å². The molecule has 0 aromatic rings. The summed E-state index contributed by atoms with van der Waals surface area (Å²) in [5.41, 5.74) is 3.10. The zero-order valence-electron chi connectivity index (χ0n) is 18.0. The van der Waals surface area contributed by atoms with Crippen LogP contribution in [0.1, 0.15) is 92.4 Å². The van der Waals surface area contributed by atoms with Crippen LogP contribution in [0.25, 0.3) is 0 Å². The Morgan fingerprint density at radius 2 is 1.38 bits per heavy atom. The molecule has 0 aliphatic heterocycles. The Bertz CT molecular complexity index is 591. The van der Waals surface area contributed by atoms with Crippen molar-refractivity contribution >= 4 is 0 Å². The Labute approximate surface area is 162 Å². The quantitative estimate of drug-likeness (QED) is 0.523. The van der Waals surface area contributed by atoms with Gasteiger partial charge in [0, 0.05) is 5.92 Å². The third-order valence-electron chi connectivity index (χ3n) is 10.6. The molecule has 4 rings (SSSR count). The third-order valence-corrected chi connectivity index (χ3v) is 10.6. The summed E-state index contributed by atoms with van der Waals surface area (Å²) in [6, 6.07) is 0. The van der Waals surface area contributed by atoms with Crippen LogP contribution >= 0.6 is 0 Å². The molecule has 2 unspecified atom stereocenters. The van der Waals surface area contributed by atoms with Crippen molar-refractivity contribution in [2.24, 2.45) is 45.3 Å². The first-order chi connectivity index (χ1) is 12.1. The molecule has 0 radical (unpaired) electrons. The molecule has 4 fully saturated rings. The van der Waals surface area contributed by atoms with Gasteiger partial charge in [0.2, 0.25) is 0 Å². The van der Waals surface area contributed by atoms with E-state index in [1.807, 2.05) is 0 Å². The van der Waals surface area contributed by atoms with E-state index in [0.717, 1.165) is 24.2 Å². The molecule has 7 atom stereocenters. The van der Waals surface area contributed by atoms with Crippen LogP contribution < -0.4 is 0 Å². The number of rotatable bonds is 1. The van der Waals surface area contributed by atoms with Gasteiger partial charge in [-0.3, -0.25) is 0 Å². The van der Waals surface area contributed by atoms with Crippen molar-refractivity contribution in [3.63, 3.8) is 0 Å². The van der Waals surface area contributed by atoms with E-state index in [4.69, 9.17) is 0 Å². The van der Waals surface area contributed by atoms with Crippen molar-refractivity contribution in [1.29, 1.82) is 0 Å². The topological polar surface area (TPSA) is 20.2 Å². The molecule has 1 nitrogen and oxygen atoms in total. The average molecular weight is 359 g/mol. The fourth-order valence-electron chi connectivity index (χ4n) is 9.53. The molecular formula is C25H42O. The summed E-state index contributed by atoms with van der Waals surface area (Å²) in [5.74, 6) is 2.86. The number of hydrogen-bond acceptors (Lipinski definition) is 1. The summed E-state index contributed by atoms with van der Waals surface area (Å²) in [6.45, 7) is 17.6. The summed E-state index contributed by atoms with van der Waals surface area (Å²) >= 11 is 0. The number of hydrogen-bond donors (Lipinski definition) is 1. The summed E-state index contributed by atoms with van der Waals surface area (Å²) in [6.07, 6.45) is 12.2. The normalized spacial score (nSPS) is 53.4. The van der Waals surface area contributed by atoms with Gasteiger partial charge in [-0.15, -0.1) is 0 Å². The molecule has 0 amide bonds. The lowest BCUT2D eigenvalue weighted by Gasteiger charge is -2.70. The Morgan fingerprint density at radius 3 is 2.08 bits per heavy atom. The molecule has 0 aromatic heterocycles. The highest BCUT2D eigenvalue weighted by molar-refractivity contribution is 5.20. The van der Waals surface area contributed by atoms with Gasteiger partial charge in [0.1, 0.15) is 0 Å². The zero-order valence-corrected chi connectivity index (χ0v) is 18.0. The number of aliphatic hydroxyl groups is 1. The van der Waals surface area contributed by atoms with Gasteiger partial charge in [0.25, 0.3) is 0 Å². The summed E-state index contributed by atoms with van der Waals surface area (Å²) < 4.78 is 0. The van der Waals surface area contributed by atoms with E-state index in [1.165, 1.54) is 56.9 Å². The Balaban J connectivity index is 1.73. The largest absolute Gasteiger partial charge is 0.396 e. The molecule has 0 bridgehead atoms. The smallest absolute Gasteiger partial charge is 0.0501 e. The first-order valence-electron chi connectivity index (χ1n) is 11.4. The molecule has 148 valence electrons. The predicted molar refractivity (Wildman–Crippen MR) is 110 cm³/mol. The van der Waals surface area contributed by atoms with Crippen LogP contribution in [-0.4, -0.2) is 11.7 Å². The van der Waals surface area contributed by atoms with Gasteiger partial charge in [-0.2, -0.15) is 0 Å². The molecule has 1 heteroatoms. The molecule has 4 aliphatic carbocycles. The van der Waals surface area contributed by atoms with E-state index in [-0.39, 0.29) is 5.41 Å². The van der Waals surface area contributed by atoms with Gasteiger partial charge in [-0.05, 0) is 90.8 Å². The van der Waals surface area contributed by atoms with Crippen LogP contribution in [0.5, 0.6) is 0 Å². The van der Waals surface area contributed by atoms with E-state index in [1.54, 1.807) is 0 Å². The lowest BCUT2D eigenvalue weighted by Crippen LogP contribution is -2.63. The molecule has 1 N–H and O–H groups in total. The molecule has 4 aliphatic rings. The first kappa shape index (κ1) is 19.0.